The number of benzene rings is 2. The molecule has 0 radical (unpaired) electrons. The van der Waals surface area contributed by atoms with E-state index in [1.54, 1.807) is 6.07 Å². The topological polar surface area (TPSA) is 107 Å². The van der Waals surface area contributed by atoms with Crippen molar-refractivity contribution < 1.29 is 27.0 Å². The second-order valence-corrected chi connectivity index (χ2v) is 13.5. The maximum atomic E-state index is 17.0. The Kier molecular flexibility index (Phi) is 6.33. The number of hydrogen-bond donors (Lipinski definition) is 2. The second-order valence-electron chi connectivity index (χ2n) is 13.1. The zero-order valence-corrected chi connectivity index (χ0v) is 25.4. The molecule has 4 aromatic rings. The van der Waals surface area contributed by atoms with Crippen molar-refractivity contribution in [2.75, 3.05) is 43.5 Å². The number of nitrogen functional groups attached to an aromatic ring is 1. The van der Waals surface area contributed by atoms with Crippen LogP contribution in [0.1, 0.15) is 38.7 Å². The van der Waals surface area contributed by atoms with Crippen LogP contribution in [0, 0.1) is 5.82 Å². The summed E-state index contributed by atoms with van der Waals surface area (Å²) in [6, 6.07) is 4.73. The maximum Gasteiger partial charge on any atom is 0.321 e. The molecule has 4 fully saturated rings. The molecule has 9 rings (SSSR count). The van der Waals surface area contributed by atoms with Gasteiger partial charge in [0.05, 0.1) is 33.0 Å². The number of piperazine rings is 1. The number of hydrogen-bond acceptors (Lipinski definition) is 9. The van der Waals surface area contributed by atoms with Crippen LogP contribution in [0.3, 0.4) is 0 Å². The van der Waals surface area contributed by atoms with Crippen molar-refractivity contribution >= 4 is 45.3 Å². The molecule has 2 aromatic carbocycles. The molecule has 0 aliphatic carbocycles. The van der Waals surface area contributed by atoms with E-state index >= 15 is 4.39 Å². The molecule has 7 heterocycles. The van der Waals surface area contributed by atoms with Crippen molar-refractivity contribution in [3.8, 4) is 22.9 Å². The Bertz CT molecular complexity index is 1910. The molecule has 0 spiro atoms. The van der Waals surface area contributed by atoms with Crippen molar-refractivity contribution in [3.63, 3.8) is 0 Å². The molecule has 4 saturated heterocycles. The molecule has 15 heteroatoms. The third-order valence-electron chi connectivity index (χ3n) is 10.6. The van der Waals surface area contributed by atoms with Gasteiger partial charge in [-0.1, -0.05) is 23.7 Å². The minimum absolute atomic E-state index is 0.0277. The minimum Gasteiger partial charge on any atom is -0.489 e. The lowest BCUT2D eigenvalue weighted by Gasteiger charge is -2.40. The summed E-state index contributed by atoms with van der Waals surface area (Å²) in [5.41, 5.74) is 5.49. The summed E-state index contributed by atoms with van der Waals surface area (Å²) < 4.78 is 72.6. The van der Waals surface area contributed by atoms with Crippen LogP contribution in [0.15, 0.2) is 18.2 Å². The largest absolute Gasteiger partial charge is 0.489 e. The first kappa shape index (κ1) is 28.6. The van der Waals surface area contributed by atoms with E-state index in [9.17, 15) is 13.2 Å². The molecular formula is C31H31ClF4N8O2. The standard InChI is InChI=1S/C31H31ClF4N8O2/c32-22-20(16-3-1-4-18-24(16)39-29(37)44(18)28(35)36)23(34)25-21-26(22)45-12-19-17-6-5-15(38-17)11-43(19)27(21)41-30(40-25)46-13-31-7-2-8-42(31)10-14(33)9-31/h1,3-4,14-15,17,19,28,38H,2,5-13H2,(H2,37,39)/t14-,15-,17+,19-,31+/m1/s1. The van der Waals surface area contributed by atoms with Gasteiger partial charge in [0, 0.05) is 42.7 Å². The monoisotopic (exact) mass is 658 g/mol. The highest BCUT2D eigenvalue weighted by Gasteiger charge is 2.50. The van der Waals surface area contributed by atoms with Gasteiger partial charge in [0.25, 0.3) is 0 Å². The lowest BCUT2D eigenvalue weighted by molar-refractivity contribution is 0.0770. The molecular weight excluding hydrogens is 628 g/mol. The normalized spacial score (nSPS) is 28.6. The summed E-state index contributed by atoms with van der Waals surface area (Å²) in [6.07, 6.45) is 3.12. The zero-order valence-electron chi connectivity index (χ0n) is 24.7. The fraction of sp³-hybridized carbons (Fsp3) is 0.516. The van der Waals surface area contributed by atoms with Gasteiger partial charge in [0.1, 0.15) is 30.7 Å². The molecule has 2 bridgehead atoms. The summed E-state index contributed by atoms with van der Waals surface area (Å²) in [5, 5.41) is 3.93. The smallest absolute Gasteiger partial charge is 0.321 e. The molecule has 46 heavy (non-hydrogen) atoms. The molecule has 0 saturated carbocycles. The molecule has 5 aliphatic heterocycles. The molecule has 242 valence electrons. The Hall–Kier alpha value is -3.62. The Morgan fingerprint density at radius 2 is 2.04 bits per heavy atom. The first-order valence-electron chi connectivity index (χ1n) is 15.7. The van der Waals surface area contributed by atoms with E-state index in [4.69, 9.17) is 31.8 Å². The van der Waals surface area contributed by atoms with Crippen LogP contribution in [0.4, 0.5) is 29.3 Å². The Morgan fingerprint density at radius 1 is 1.17 bits per heavy atom. The zero-order chi connectivity index (χ0) is 31.5. The predicted molar refractivity (Wildman–Crippen MR) is 164 cm³/mol. The lowest BCUT2D eigenvalue weighted by atomic mass is 9.95. The molecule has 0 amide bonds. The average Bonchev–Trinajstić information content (AvgIpc) is 3.74. The SMILES string of the molecule is Nc1nc2c(-c3c(Cl)c4c5c(nc(OC[C@@]67CCCN6C[C@H](F)C7)nc5c3F)N3C[C@H]5CC[C@H](N5)[C@H]3CO4)cccc2n1C(F)F. The van der Waals surface area contributed by atoms with E-state index in [2.05, 4.69) is 25.1 Å². The Labute approximate surface area is 265 Å². The number of imidazole rings is 1. The number of fused-ring (bicyclic) bond motifs is 7. The van der Waals surface area contributed by atoms with Gasteiger partial charge >= 0.3 is 12.6 Å². The summed E-state index contributed by atoms with van der Waals surface area (Å²) in [5.74, 6) is -0.537. The number of aromatic nitrogens is 4. The van der Waals surface area contributed by atoms with E-state index in [0.29, 0.717) is 35.3 Å². The third kappa shape index (κ3) is 4.05. The fourth-order valence-corrected chi connectivity index (χ4v) is 8.91. The van der Waals surface area contributed by atoms with Crippen LogP contribution >= 0.6 is 11.6 Å². The molecule has 3 N–H and O–H groups in total. The van der Waals surface area contributed by atoms with Crippen molar-refractivity contribution in [2.45, 2.75) is 68.5 Å². The number of halogens is 5. The minimum atomic E-state index is -2.95. The molecule has 5 atom stereocenters. The van der Waals surface area contributed by atoms with Crippen LogP contribution in [0.2, 0.25) is 5.02 Å². The molecule has 2 aromatic heterocycles. The molecule has 5 aliphatic rings. The highest BCUT2D eigenvalue weighted by molar-refractivity contribution is 6.37. The number of ether oxygens (including phenoxy) is 2. The number of nitrogens with zero attached hydrogens (tertiary/aromatic N) is 6. The van der Waals surface area contributed by atoms with Crippen LogP contribution in [-0.4, -0.2) is 87.1 Å². The van der Waals surface area contributed by atoms with Gasteiger partial charge in [-0.25, -0.2) is 13.8 Å². The third-order valence-corrected chi connectivity index (χ3v) is 11.0. The Morgan fingerprint density at radius 3 is 2.89 bits per heavy atom. The number of nitrogens with two attached hydrogens (primary N) is 1. The number of anilines is 2. The summed E-state index contributed by atoms with van der Waals surface area (Å²) in [4.78, 5) is 17.9. The summed E-state index contributed by atoms with van der Waals surface area (Å²) in [7, 11) is 0. The quantitative estimate of drug-likeness (QED) is 0.284. The molecule has 0 unspecified atom stereocenters. The first-order chi connectivity index (χ1) is 22.2. The van der Waals surface area contributed by atoms with E-state index in [1.807, 2.05) is 0 Å². The van der Waals surface area contributed by atoms with Crippen molar-refractivity contribution in [3.05, 3.63) is 29.0 Å². The summed E-state index contributed by atoms with van der Waals surface area (Å²) in [6.45, 7) is -0.737. The highest BCUT2D eigenvalue weighted by atomic mass is 35.5. The number of alkyl halides is 3. The number of nitrogens with one attached hydrogen (secondary N) is 1. The van der Waals surface area contributed by atoms with Crippen LogP contribution in [-0.2, 0) is 0 Å². The maximum absolute atomic E-state index is 17.0. The van der Waals surface area contributed by atoms with Gasteiger partial charge < -0.3 is 25.4 Å². The number of rotatable bonds is 5. The van der Waals surface area contributed by atoms with Crippen LogP contribution in [0.25, 0.3) is 33.1 Å². The lowest BCUT2D eigenvalue weighted by Crippen LogP contribution is -2.60. The predicted octanol–water partition coefficient (Wildman–Crippen LogP) is 5.07. The van der Waals surface area contributed by atoms with Gasteiger partial charge in [0.15, 0.2) is 11.6 Å². The molecule has 10 nitrogen and oxygen atoms in total. The van der Waals surface area contributed by atoms with Gasteiger partial charge in [-0.3, -0.25) is 9.47 Å². The fourth-order valence-electron chi connectivity index (χ4n) is 8.57. The van der Waals surface area contributed by atoms with Crippen molar-refractivity contribution in [1.82, 2.24) is 29.7 Å². The van der Waals surface area contributed by atoms with Gasteiger partial charge in [-0.05, 0) is 38.3 Å². The van der Waals surface area contributed by atoms with Crippen LogP contribution < -0.4 is 25.4 Å². The van der Waals surface area contributed by atoms with Gasteiger partial charge in [-0.15, -0.1) is 0 Å². The van der Waals surface area contributed by atoms with E-state index in [0.717, 1.165) is 32.2 Å². The summed E-state index contributed by atoms with van der Waals surface area (Å²) >= 11 is 7.01. The Balaban J connectivity index is 1.24. The highest BCUT2D eigenvalue weighted by Crippen LogP contribution is 2.50. The average molecular weight is 659 g/mol. The van der Waals surface area contributed by atoms with Gasteiger partial charge in [-0.2, -0.15) is 18.7 Å². The van der Waals surface area contributed by atoms with E-state index < -0.39 is 30.0 Å². The van der Waals surface area contributed by atoms with Crippen LogP contribution in [0.5, 0.6) is 11.8 Å². The first-order valence-corrected chi connectivity index (χ1v) is 16.1. The van der Waals surface area contributed by atoms with Crippen molar-refractivity contribution in [1.29, 1.82) is 0 Å². The number of para-hydroxylation sites is 1. The second kappa shape index (κ2) is 10.2. The van der Waals surface area contributed by atoms with E-state index in [-0.39, 0.29) is 75.8 Å². The van der Waals surface area contributed by atoms with Gasteiger partial charge in [0.2, 0.25) is 5.95 Å². The van der Waals surface area contributed by atoms with E-state index in [1.165, 1.54) is 12.1 Å². The van der Waals surface area contributed by atoms with Crippen molar-refractivity contribution in [2.24, 2.45) is 0 Å².